The van der Waals surface area contributed by atoms with Crippen LogP contribution in [0, 0.1) is 13.8 Å². The van der Waals surface area contributed by atoms with Crippen molar-refractivity contribution in [2.75, 3.05) is 24.5 Å². The molecule has 7 nitrogen and oxygen atoms in total. The minimum absolute atomic E-state index is 0.107. The number of rotatable bonds is 8. The first kappa shape index (κ1) is 25.1. The average Bonchev–Trinajstić information content (AvgIpc) is 2.91. The van der Waals surface area contributed by atoms with E-state index in [1.807, 2.05) is 56.7 Å². The lowest BCUT2D eigenvalue weighted by molar-refractivity contribution is 0.158. The highest BCUT2D eigenvalue weighted by Crippen LogP contribution is 2.25. The first-order valence-corrected chi connectivity index (χ1v) is 13.2. The molecule has 4 heterocycles. The molecule has 0 aliphatic carbocycles. The summed E-state index contributed by atoms with van der Waals surface area (Å²) in [5.74, 6) is 0. The van der Waals surface area contributed by atoms with Crippen molar-refractivity contribution in [1.29, 1.82) is 0 Å². The summed E-state index contributed by atoms with van der Waals surface area (Å²) >= 11 is 0. The molecule has 0 radical (unpaired) electrons. The number of nitrogens with zero attached hydrogens (tertiary/aromatic N) is 5. The number of aryl methyl sites for hydroxylation is 2. The molecule has 0 saturated carbocycles. The monoisotopic (exact) mass is 496 g/mol. The topological polar surface area (TPSA) is 80.3 Å². The van der Waals surface area contributed by atoms with Crippen LogP contribution in [0.3, 0.4) is 0 Å². The molecule has 1 aromatic carbocycles. The van der Waals surface area contributed by atoms with Gasteiger partial charge in [0.15, 0.2) is 5.43 Å². The summed E-state index contributed by atoms with van der Waals surface area (Å²) in [7, 11) is 0. The molecule has 4 aromatic rings. The predicted molar refractivity (Wildman–Crippen MR) is 150 cm³/mol. The van der Waals surface area contributed by atoms with Crippen molar-refractivity contribution in [2.45, 2.75) is 52.4 Å². The fourth-order valence-electron chi connectivity index (χ4n) is 5.45. The molecular formula is C30H36N6O. The van der Waals surface area contributed by atoms with Crippen LogP contribution >= 0.6 is 0 Å². The number of hydrogen-bond donors (Lipinski definition) is 1. The van der Waals surface area contributed by atoms with Gasteiger partial charge < -0.3 is 15.2 Å². The normalized spacial score (nSPS) is 16.0. The van der Waals surface area contributed by atoms with E-state index in [2.05, 4.69) is 48.6 Å². The lowest BCUT2D eigenvalue weighted by Crippen LogP contribution is -2.48. The van der Waals surface area contributed by atoms with Gasteiger partial charge in [0, 0.05) is 80.0 Å². The van der Waals surface area contributed by atoms with E-state index in [1.54, 1.807) is 0 Å². The smallest absolute Gasteiger partial charge is 0.193 e. The largest absolute Gasteiger partial charge is 0.369 e. The lowest BCUT2D eigenvalue weighted by atomic mass is 10.0. The number of piperidine rings is 1. The van der Waals surface area contributed by atoms with Crippen LogP contribution in [0.25, 0.3) is 10.9 Å². The Hall–Kier alpha value is -3.55. The number of anilines is 1. The summed E-state index contributed by atoms with van der Waals surface area (Å²) in [4.78, 5) is 27.4. The summed E-state index contributed by atoms with van der Waals surface area (Å²) < 4.78 is 2.13. The second-order valence-corrected chi connectivity index (χ2v) is 10.1. The van der Waals surface area contributed by atoms with Crippen LogP contribution in [-0.4, -0.2) is 45.1 Å². The summed E-state index contributed by atoms with van der Waals surface area (Å²) in [5, 5.41) is 0.754. The predicted octanol–water partition coefficient (Wildman–Crippen LogP) is 4.04. The fourth-order valence-corrected chi connectivity index (χ4v) is 5.45. The van der Waals surface area contributed by atoms with Crippen LogP contribution < -0.4 is 16.1 Å². The first-order valence-electron chi connectivity index (χ1n) is 13.2. The molecule has 5 rings (SSSR count). The lowest BCUT2D eigenvalue weighted by Gasteiger charge is -2.40. The van der Waals surface area contributed by atoms with Gasteiger partial charge in [0.05, 0.1) is 17.4 Å². The molecule has 1 aliphatic rings. The van der Waals surface area contributed by atoms with E-state index in [1.165, 1.54) is 5.56 Å². The molecule has 1 unspecified atom stereocenters. The summed E-state index contributed by atoms with van der Waals surface area (Å²) in [6.07, 6.45) is 8.05. The van der Waals surface area contributed by atoms with Crippen molar-refractivity contribution < 1.29 is 0 Å². The average molecular weight is 497 g/mol. The zero-order chi connectivity index (χ0) is 25.8. The maximum atomic E-state index is 13.6. The number of hydrogen-bond acceptors (Lipinski definition) is 6. The van der Waals surface area contributed by atoms with Gasteiger partial charge >= 0.3 is 0 Å². The highest BCUT2D eigenvalue weighted by molar-refractivity contribution is 5.79. The van der Waals surface area contributed by atoms with Gasteiger partial charge in [-0.2, -0.15) is 0 Å². The van der Waals surface area contributed by atoms with E-state index >= 15 is 0 Å². The van der Waals surface area contributed by atoms with E-state index in [9.17, 15) is 4.79 Å². The van der Waals surface area contributed by atoms with Crippen LogP contribution in [0.2, 0.25) is 0 Å². The van der Waals surface area contributed by atoms with Crippen LogP contribution in [0.5, 0.6) is 0 Å². The highest BCUT2D eigenvalue weighted by atomic mass is 16.1. The van der Waals surface area contributed by atoms with Crippen LogP contribution in [0.1, 0.15) is 35.4 Å². The van der Waals surface area contributed by atoms with Gasteiger partial charge in [-0.05, 0) is 68.7 Å². The Bertz CT molecular complexity index is 1410. The molecule has 37 heavy (non-hydrogen) atoms. The van der Waals surface area contributed by atoms with Gasteiger partial charge in [0.1, 0.15) is 0 Å². The Balaban J connectivity index is 1.49. The molecule has 1 fully saturated rings. The van der Waals surface area contributed by atoms with Crippen LogP contribution in [0.15, 0.2) is 71.9 Å². The molecule has 7 heteroatoms. The first-order chi connectivity index (χ1) is 18.0. The van der Waals surface area contributed by atoms with Crippen LogP contribution in [0.4, 0.5) is 5.69 Å². The summed E-state index contributed by atoms with van der Waals surface area (Å²) in [6, 6.07) is 16.6. The van der Waals surface area contributed by atoms with Crippen molar-refractivity contribution in [2.24, 2.45) is 5.73 Å². The maximum absolute atomic E-state index is 13.6. The highest BCUT2D eigenvalue weighted by Gasteiger charge is 2.27. The quantitative estimate of drug-likeness (QED) is 0.397. The molecule has 3 aromatic heterocycles. The molecular weight excluding hydrogens is 460 g/mol. The van der Waals surface area contributed by atoms with E-state index in [0.29, 0.717) is 25.7 Å². The third-order valence-corrected chi connectivity index (χ3v) is 7.33. The van der Waals surface area contributed by atoms with Crippen molar-refractivity contribution >= 4 is 16.6 Å². The van der Waals surface area contributed by atoms with Gasteiger partial charge in [-0.25, -0.2) is 0 Å². The maximum Gasteiger partial charge on any atom is 0.193 e. The van der Waals surface area contributed by atoms with Gasteiger partial charge in [-0.3, -0.25) is 19.7 Å². The third kappa shape index (κ3) is 5.73. The molecule has 1 aliphatic heterocycles. The van der Waals surface area contributed by atoms with Gasteiger partial charge in [0.2, 0.25) is 0 Å². The number of aromatic nitrogens is 3. The van der Waals surface area contributed by atoms with E-state index in [-0.39, 0.29) is 5.43 Å². The number of benzene rings is 1. The minimum atomic E-state index is 0.107. The Morgan fingerprint density at radius 3 is 2.70 bits per heavy atom. The van der Waals surface area contributed by atoms with Crippen molar-refractivity contribution in [3.8, 4) is 0 Å². The zero-order valence-corrected chi connectivity index (χ0v) is 21.8. The second-order valence-electron chi connectivity index (χ2n) is 10.1. The van der Waals surface area contributed by atoms with Gasteiger partial charge in [0.25, 0.3) is 0 Å². The SMILES string of the molecule is Cc1ccc(N2CCCC(N(Cc3ccnc(C)c3)Cc3cn(CCN)c4ccccc4c3=O)C2)cn1. The molecule has 0 spiro atoms. The van der Waals surface area contributed by atoms with Crippen molar-refractivity contribution in [1.82, 2.24) is 19.4 Å². The Morgan fingerprint density at radius 1 is 1.05 bits per heavy atom. The van der Waals surface area contributed by atoms with E-state index < -0.39 is 0 Å². The Kier molecular flexibility index (Phi) is 7.63. The molecule has 0 bridgehead atoms. The Morgan fingerprint density at radius 2 is 1.92 bits per heavy atom. The van der Waals surface area contributed by atoms with E-state index in [4.69, 9.17) is 5.73 Å². The number of fused-ring (bicyclic) bond motifs is 1. The Labute approximate surface area is 218 Å². The zero-order valence-electron chi connectivity index (χ0n) is 21.8. The van der Waals surface area contributed by atoms with E-state index in [0.717, 1.165) is 66.0 Å². The fraction of sp³-hybridized carbons (Fsp3) is 0.367. The number of para-hydroxylation sites is 1. The van der Waals surface area contributed by atoms with Gasteiger partial charge in [-0.1, -0.05) is 12.1 Å². The summed E-state index contributed by atoms with van der Waals surface area (Å²) in [6.45, 7) is 8.50. The second kappa shape index (κ2) is 11.2. The molecule has 1 atom stereocenters. The third-order valence-electron chi connectivity index (χ3n) is 7.33. The summed E-state index contributed by atoms with van der Waals surface area (Å²) in [5.41, 5.74) is 12.2. The molecule has 192 valence electrons. The standard InChI is InChI=1S/C30H36N6O/c1-22-9-10-26(17-33-22)34-14-5-6-27(21-34)36(18-24-11-13-32-23(2)16-24)20-25-19-35(15-12-31)29-8-4-3-7-28(29)30(25)37/h3-4,7-11,13,16-17,19,27H,5-6,12,14-15,18,20-21,31H2,1-2H3. The molecule has 0 amide bonds. The van der Waals surface area contributed by atoms with Gasteiger partial charge in [-0.15, -0.1) is 0 Å². The number of nitrogens with two attached hydrogens (primary N) is 1. The molecule has 1 saturated heterocycles. The molecule has 2 N–H and O–H groups in total. The van der Waals surface area contributed by atoms with Crippen LogP contribution in [-0.2, 0) is 19.6 Å². The minimum Gasteiger partial charge on any atom is -0.369 e. The van der Waals surface area contributed by atoms with Crippen molar-refractivity contribution in [3.63, 3.8) is 0 Å². The van der Waals surface area contributed by atoms with Crippen molar-refractivity contribution in [3.05, 3.63) is 99.9 Å². The number of pyridine rings is 3.